The normalized spacial score (nSPS) is 11.3. The van der Waals surface area contributed by atoms with E-state index in [0.29, 0.717) is 0 Å². The van der Waals surface area contributed by atoms with Crippen molar-refractivity contribution in [1.82, 2.24) is 0 Å². The van der Waals surface area contributed by atoms with Crippen molar-refractivity contribution in [2.45, 2.75) is 26.2 Å². The Balaban J connectivity index is 2.60. The summed E-state index contributed by atoms with van der Waals surface area (Å²) in [4.78, 5) is 10.8. The van der Waals surface area contributed by atoms with Crippen molar-refractivity contribution in [3.63, 3.8) is 0 Å². The highest BCUT2D eigenvalue weighted by atomic mass is 16.6. The fourth-order valence-corrected chi connectivity index (χ4v) is 2.11. The van der Waals surface area contributed by atoms with E-state index in [-0.39, 0.29) is 16.0 Å². The van der Waals surface area contributed by atoms with Crippen molar-refractivity contribution in [2.75, 3.05) is 0 Å². The Bertz CT molecular complexity index is 598. The first-order valence-electron chi connectivity index (χ1n) is 6.24. The summed E-state index contributed by atoms with van der Waals surface area (Å²) in [6, 6.07) is 15.2. The summed E-state index contributed by atoms with van der Waals surface area (Å²) in [6.07, 6.45) is 0. The molecule has 0 radical (unpaired) electrons. The Kier molecular flexibility index (Phi) is 3.38. The van der Waals surface area contributed by atoms with Crippen LogP contribution >= 0.6 is 0 Å². The third kappa shape index (κ3) is 2.81. The Morgan fingerprint density at radius 3 is 2.11 bits per heavy atom. The molecule has 0 saturated carbocycles. The largest absolute Gasteiger partial charge is 0.273 e. The molecule has 2 aromatic rings. The van der Waals surface area contributed by atoms with Gasteiger partial charge in [-0.15, -0.1) is 0 Å². The van der Waals surface area contributed by atoms with E-state index in [4.69, 9.17) is 0 Å². The maximum absolute atomic E-state index is 11.1. The molecular formula is C16H17NO2. The van der Waals surface area contributed by atoms with Crippen molar-refractivity contribution < 1.29 is 4.92 Å². The highest BCUT2D eigenvalue weighted by Crippen LogP contribution is 2.34. The zero-order chi connectivity index (χ0) is 14.0. The highest BCUT2D eigenvalue weighted by molar-refractivity contribution is 5.67. The molecule has 0 fully saturated rings. The molecule has 0 aromatic heterocycles. The molecule has 98 valence electrons. The average molecular weight is 255 g/mol. The molecule has 3 heteroatoms. The SMILES string of the molecule is CC(C)(C)c1cc(-c2ccccc2)ccc1[N+](=O)[O-]. The fourth-order valence-electron chi connectivity index (χ4n) is 2.11. The summed E-state index contributed by atoms with van der Waals surface area (Å²) in [5, 5.41) is 11.1. The van der Waals surface area contributed by atoms with Crippen LogP contribution in [0.4, 0.5) is 5.69 Å². The van der Waals surface area contributed by atoms with Gasteiger partial charge < -0.3 is 0 Å². The minimum atomic E-state index is -0.310. The number of hydrogen-bond donors (Lipinski definition) is 0. The third-order valence-electron chi connectivity index (χ3n) is 3.11. The second-order valence-corrected chi connectivity index (χ2v) is 5.61. The maximum atomic E-state index is 11.1. The van der Waals surface area contributed by atoms with Crippen LogP contribution in [0, 0.1) is 10.1 Å². The van der Waals surface area contributed by atoms with Crippen LogP contribution in [0.2, 0.25) is 0 Å². The monoisotopic (exact) mass is 255 g/mol. The number of benzene rings is 2. The van der Waals surface area contributed by atoms with E-state index in [1.165, 1.54) is 0 Å². The van der Waals surface area contributed by atoms with Gasteiger partial charge >= 0.3 is 0 Å². The molecule has 0 saturated heterocycles. The zero-order valence-electron chi connectivity index (χ0n) is 11.4. The van der Waals surface area contributed by atoms with Crippen molar-refractivity contribution in [1.29, 1.82) is 0 Å². The molecule has 3 nitrogen and oxygen atoms in total. The molecule has 2 aromatic carbocycles. The van der Waals surface area contributed by atoms with Gasteiger partial charge in [-0.05, 0) is 28.7 Å². The third-order valence-corrected chi connectivity index (χ3v) is 3.11. The van der Waals surface area contributed by atoms with Gasteiger partial charge in [0, 0.05) is 11.6 Å². The first-order valence-corrected chi connectivity index (χ1v) is 6.24. The summed E-state index contributed by atoms with van der Waals surface area (Å²) in [5.74, 6) is 0. The van der Waals surface area contributed by atoms with Crippen molar-refractivity contribution in [3.8, 4) is 11.1 Å². The van der Waals surface area contributed by atoms with Crippen LogP contribution in [0.25, 0.3) is 11.1 Å². The fraction of sp³-hybridized carbons (Fsp3) is 0.250. The van der Waals surface area contributed by atoms with Crippen LogP contribution in [0.3, 0.4) is 0 Å². The first-order chi connectivity index (χ1) is 8.89. The highest BCUT2D eigenvalue weighted by Gasteiger charge is 2.25. The predicted octanol–water partition coefficient (Wildman–Crippen LogP) is 4.56. The Morgan fingerprint density at radius 2 is 1.58 bits per heavy atom. The Labute approximate surface area is 113 Å². The van der Waals surface area contributed by atoms with Gasteiger partial charge in [0.1, 0.15) is 0 Å². The summed E-state index contributed by atoms with van der Waals surface area (Å²) in [6.45, 7) is 5.97. The molecule has 0 aliphatic carbocycles. The Morgan fingerprint density at radius 1 is 0.947 bits per heavy atom. The van der Waals surface area contributed by atoms with E-state index in [2.05, 4.69) is 0 Å². The van der Waals surface area contributed by atoms with E-state index >= 15 is 0 Å². The number of nitrogens with zero attached hydrogens (tertiary/aromatic N) is 1. The van der Waals surface area contributed by atoms with Crippen molar-refractivity contribution in [2.24, 2.45) is 0 Å². The van der Waals surface area contributed by atoms with Crippen LogP contribution in [-0.4, -0.2) is 4.92 Å². The quantitative estimate of drug-likeness (QED) is 0.583. The van der Waals surface area contributed by atoms with E-state index in [9.17, 15) is 10.1 Å². The van der Waals surface area contributed by atoms with E-state index in [1.54, 1.807) is 6.07 Å². The Hall–Kier alpha value is -2.16. The molecule has 0 N–H and O–H groups in total. The minimum absolute atomic E-state index is 0.187. The van der Waals surface area contributed by atoms with Crippen LogP contribution in [-0.2, 0) is 5.41 Å². The maximum Gasteiger partial charge on any atom is 0.273 e. The van der Waals surface area contributed by atoms with Crippen LogP contribution in [0.15, 0.2) is 48.5 Å². The lowest BCUT2D eigenvalue weighted by molar-refractivity contribution is -0.386. The van der Waals surface area contributed by atoms with Gasteiger partial charge in [0.05, 0.1) is 4.92 Å². The van der Waals surface area contributed by atoms with Crippen LogP contribution < -0.4 is 0 Å². The van der Waals surface area contributed by atoms with Crippen molar-refractivity contribution in [3.05, 3.63) is 64.2 Å². The molecule has 2 rings (SSSR count). The lowest BCUT2D eigenvalue weighted by Gasteiger charge is -2.19. The summed E-state index contributed by atoms with van der Waals surface area (Å²) in [7, 11) is 0. The van der Waals surface area contributed by atoms with E-state index < -0.39 is 0 Å². The minimum Gasteiger partial charge on any atom is -0.258 e. The summed E-state index contributed by atoms with van der Waals surface area (Å²) >= 11 is 0. The molecule has 0 heterocycles. The zero-order valence-corrected chi connectivity index (χ0v) is 11.4. The molecular weight excluding hydrogens is 238 g/mol. The summed E-state index contributed by atoms with van der Waals surface area (Å²) < 4.78 is 0. The lowest BCUT2D eigenvalue weighted by Crippen LogP contribution is -2.13. The van der Waals surface area contributed by atoms with E-state index in [0.717, 1.165) is 16.7 Å². The standard InChI is InChI=1S/C16H17NO2/c1-16(2,3)14-11-13(9-10-15(14)17(18)19)12-7-5-4-6-8-12/h4-11H,1-3H3. The summed E-state index contributed by atoms with van der Waals surface area (Å²) in [5.41, 5.74) is 2.78. The van der Waals surface area contributed by atoms with Crippen LogP contribution in [0.5, 0.6) is 0 Å². The number of hydrogen-bond acceptors (Lipinski definition) is 2. The van der Waals surface area contributed by atoms with Gasteiger partial charge in [0.25, 0.3) is 5.69 Å². The first kappa shape index (κ1) is 13.3. The molecule has 0 atom stereocenters. The van der Waals surface area contributed by atoms with Gasteiger partial charge in [-0.25, -0.2) is 0 Å². The van der Waals surface area contributed by atoms with Gasteiger partial charge in [-0.2, -0.15) is 0 Å². The number of rotatable bonds is 2. The van der Waals surface area contributed by atoms with Gasteiger partial charge in [-0.3, -0.25) is 10.1 Å². The van der Waals surface area contributed by atoms with Gasteiger partial charge in [0.15, 0.2) is 0 Å². The average Bonchev–Trinajstić information content (AvgIpc) is 2.38. The molecule has 0 unspecified atom stereocenters. The molecule has 0 spiro atoms. The van der Waals surface area contributed by atoms with E-state index in [1.807, 2.05) is 63.2 Å². The second-order valence-electron chi connectivity index (χ2n) is 5.61. The topological polar surface area (TPSA) is 43.1 Å². The predicted molar refractivity (Wildman–Crippen MR) is 77.2 cm³/mol. The van der Waals surface area contributed by atoms with Crippen molar-refractivity contribution >= 4 is 5.69 Å². The second kappa shape index (κ2) is 4.84. The smallest absolute Gasteiger partial charge is 0.258 e. The van der Waals surface area contributed by atoms with Gasteiger partial charge in [0.2, 0.25) is 0 Å². The molecule has 0 bridgehead atoms. The molecule has 19 heavy (non-hydrogen) atoms. The molecule has 0 aliphatic heterocycles. The number of nitro groups is 1. The number of nitro benzene ring substituents is 1. The molecule has 0 aliphatic rings. The lowest BCUT2D eigenvalue weighted by atomic mass is 9.84. The van der Waals surface area contributed by atoms with Crippen LogP contribution in [0.1, 0.15) is 26.3 Å². The van der Waals surface area contributed by atoms with Gasteiger partial charge in [-0.1, -0.05) is 51.1 Å². The molecule has 0 amide bonds.